The summed E-state index contributed by atoms with van der Waals surface area (Å²) >= 11 is 5.85. The monoisotopic (exact) mass is 265 g/mol. The molecule has 94 valence electrons. The van der Waals surface area contributed by atoms with Crippen molar-refractivity contribution in [3.05, 3.63) is 17.0 Å². The minimum Gasteiger partial charge on any atom is -0.469 e. The van der Waals surface area contributed by atoms with Crippen LogP contribution in [0.1, 0.15) is 18.5 Å². The number of nitrogens with two attached hydrogens (primary N) is 1. The predicted octanol–water partition coefficient (Wildman–Crippen LogP) is 1.26. The lowest BCUT2D eigenvalue weighted by Crippen LogP contribution is -2.30. The fourth-order valence-corrected chi connectivity index (χ4v) is 1.92. The summed E-state index contributed by atoms with van der Waals surface area (Å²) in [5.74, 6) is 6.13. The normalized spacial score (nSPS) is 21.4. The smallest absolute Gasteiger partial charge is 0.308 e. The van der Waals surface area contributed by atoms with Crippen molar-refractivity contribution in [2.24, 2.45) is 11.8 Å². The Bertz CT molecular complexity index is 530. The first-order valence-electron chi connectivity index (χ1n) is 5.47. The Morgan fingerprint density at radius 2 is 2.33 bits per heavy atom. The van der Waals surface area contributed by atoms with Crippen LogP contribution in [-0.2, 0) is 9.53 Å². The zero-order valence-corrected chi connectivity index (χ0v) is 10.6. The second kappa shape index (κ2) is 5.23. The van der Waals surface area contributed by atoms with E-state index < -0.39 is 0 Å². The minimum atomic E-state index is -0.168. The van der Waals surface area contributed by atoms with Crippen LogP contribution in [0, 0.1) is 23.7 Å². The van der Waals surface area contributed by atoms with E-state index in [4.69, 9.17) is 17.3 Å². The van der Waals surface area contributed by atoms with Gasteiger partial charge in [0.15, 0.2) is 10.8 Å². The number of nitrogens with zero attached hydrogens (tertiary/aromatic N) is 2. The molecule has 1 saturated carbocycles. The molecule has 1 aromatic heterocycles. The molecule has 2 rings (SSSR count). The van der Waals surface area contributed by atoms with E-state index in [1.807, 2.05) is 0 Å². The number of hydrogen-bond acceptors (Lipinski definition) is 5. The number of carbonyl (C=O) groups is 1. The third-order valence-electron chi connectivity index (χ3n) is 2.82. The van der Waals surface area contributed by atoms with Crippen LogP contribution in [0.25, 0.3) is 0 Å². The van der Waals surface area contributed by atoms with Crippen molar-refractivity contribution in [1.29, 1.82) is 0 Å². The largest absolute Gasteiger partial charge is 0.469 e. The molecule has 0 bridgehead atoms. The van der Waals surface area contributed by atoms with Gasteiger partial charge in [0.1, 0.15) is 5.82 Å². The second-order valence-electron chi connectivity index (χ2n) is 4.09. The van der Waals surface area contributed by atoms with Gasteiger partial charge in [-0.3, -0.25) is 4.79 Å². The van der Waals surface area contributed by atoms with Crippen LogP contribution in [0.2, 0.25) is 5.15 Å². The summed E-state index contributed by atoms with van der Waals surface area (Å²) in [6, 6.07) is 0. The Kier molecular flexibility index (Phi) is 3.68. The number of carbonyl (C=O) groups excluding carboxylic acids is 1. The zero-order valence-electron chi connectivity index (χ0n) is 9.81. The molecule has 0 aliphatic heterocycles. The molecule has 0 aromatic carbocycles. The van der Waals surface area contributed by atoms with Crippen molar-refractivity contribution in [2.45, 2.75) is 12.8 Å². The summed E-state index contributed by atoms with van der Waals surface area (Å²) in [6.45, 7) is 0. The molecule has 6 heteroatoms. The van der Waals surface area contributed by atoms with Crippen molar-refractivity contribution < 1.29 is 9.53 Å². The Balaban J connectivity index is 1.96. The number of methoxy groups -OCH3 is 1. The molecule has 1 heterocycles. The highest BCUT2D eigenvalue weighted by molar-refractivity contribution is 6.30. The lowest BCUT2D eigenvalue weighted by molar-refractivity contribution is -0.149. The zero-order chi connectivity index (χ0) is 13.1. The number of rotatable bonds is 1. The number of ether oxygens (including phenoxy) is 1. The highest BCUT2D eigenvalue weighted by Crippen LogP contribution is 2.33. The molecular weight excluding hydrogens is 254 g/mol. The number of esters is 1. The third-order valence-corrected chi connectivity index (χ3v) is 3.08. The maximum atomic E-state index is 11.2. The number of hydrogen-bond donors (Lipinski definition) is 1. The lowest BCUT2D eigenvalue weighted by atomic mass is 9.75. The van der Waals surface area contributed by atoms with E-state index in [0.717, 1.165) is 12.8 Å². The fraction of sp³-hybridized carbons (Fsp3) is 0.417. The van der Waals surface area contributed by atoms with Gasteiger partial charge in [-0.25, -0.2) is 9.97 Å². The van der Waals surface area contributed by atoms with E-state index in [1.54, 1.807) is 0 Å². The van der Waals surface area contributed by atoms with E-state index >= 15 is 0 Å². The molecule has 5 nitrogen and oxygen atoms in total. The van der Waals surface area contributed by atoms with Crippen molar-refractivity contribution in [1.82, 2.24) is 9.97 Å². The first-order chi connectivity index (χ1) is 8.60. The lowest BCUT2D eigenvalue weighted by Gasteiger charge is -2.29. The van der Waals surface area contributed by atoms with Gasteiger partial charge in [-0.05, 0) is 18.8 Å². The Morgan fingerprint density at radius 3 is 2.94 bits per heavy atom. The molecule has 0 spiro atoms. The van der Waals surface area contributed by atoms with Crippen LogP contribution in [0.15, 0.2) is 6.20 Å². The molecule has 1 aliphatic rings. The van der Waals surface area contributed by atoms with Crippen LogP contribution in [0.5, 0.6) is 0 Å². The first kappa shape index (κ1) is 12.7. The first-order valence-corrected chi connectivity index (χ1v) is 5.85. The molecule has 1 aliphatic carbocycles. The van der Waals surface area contributed by atoms with Crippen molar-refractivity contribution in [2.75, 3.05) is 12.8 Å². The Hall–Kier alpha value is -1.80. The maximum absolute atomic E-state index is 11.2. The van der Waals surface area contributed by atoms with Crippen LogP contribution in [0.4, 0.5) is 5.82 Å². The van der Waals surface area contributed by atoms with Gasteiger partial charge in [-0.2, -0.15) is 0 Å². The van der Waals surface area contributed by atoms with Crippen molar-refractivity contribution in [3.63, 3.8) is 0 Å². The van der Waals surface area contributed by atoms with E-state index in [9.17, 15) is 4.79 Å². The summed E-state index contributed by atoms with van der Waals surface area (Å²) in [6.07, 6.45) is 2.85. The molecule has 0 radical (unpaired) electrons. The van der Waals surface area contributed by atoms with Crippen LogP contribution >= 0.6 is 11.6 Å². The fourth-order valence-electron chi connectivity index (χ4n) is 1.73. The molecule has 1 fully saturated rings. The number of nitrogen functional groups attached to an aromatic ring is 1. The highest BCUT2D eigenvalue weighted by atomic mass is 35.5. The van der Waals surface area contributed by atoms with Gasteiger partial charge in [-0.1, -0.05) is 17.5 Å². The molecule has 18 heavy (non-hydrogen) atoms. The molecular formula is C12H12ClN3O2. The molecule has 1 aromatic rings. The topological polar surface area (TPSA) is 78.1 Å². The van der Waals surface area contributed by atoms with Gasteiger partial charge >= 0.3 is 5.97 Å². The van der Waals surface area contributed by atoms with Crippen LogP contribution < -0.4 is 5.73 Å². The summed E-state index contributed by atoms with van der Waals surface area (Å²) in [7, 11) is 1.39. The Morgan fingerprint density at radius 1 is 1.61 bits per heavy atom. The summed E-state index contributed by atoms with van der Waals surface area (Å²) in [5, 5.41) is 0.200. The van der Waals surface area contributed by atoms with Crippen LogP contribution in [0.3, 0.4) is 0 Å². The van der Waals surface area contributed by atoms with E-state index in [-0.39, 0.29) is 28.8 Å². The Labute approximate surface area is 110 Å². The number of halogens is 1. The van der Waals surface area contributed by atoms with Gasteiger partial charge in [-0.15, -0.1) is 0 Å². The van der Waals surface area contributed by atoms with Gasteiger partial charge < -0.3 is 10.5 Å². The molecule has 0 unspecified atom stereocenters. The van der Waals surface area contributed by atoms with Gasteiger partial charge in [0.05, 0.1) is 19.2 Å². The molecule has 2 N–H and O–H groups in total. The molecule has 0 atom stereocenters. The van der Waals surface area contributed by atoms with Gasteiger partial charge in [0, 0.05) is 5.92 Å². The van der Waals surface area contributed by atoms with E-state index in [1.165, 1.54) is 13.3 Å². The summed E-state index contributed by atoms with van der Waals surface area (Å²) < 4.78 is 4.65. The van der Waals surface area contributed by atoms with Crippen LogP contribution in [-0.4, -0.2) is 23.0 Å². The maximum Gasteiger partial charge on any atom is 0.308 e. The summed E-state index contributed by atoms with van der Waals surface area (Å²) in [5.41, 5.74) is 5.84. The molecule has 0 saturated heterocycles. The number of anilines is 1. The molecule has 0 amide bonds. The van der Waals surface area contributed by atoms with E-state index in [0.29, 0.717) is 5.69 Å². The third kappa shape index (κ3) is 2.71. The van der Waals surface area contributed by atoms with Gasteiger partial charge in [0.2, 0.25) is 0 Å². The van der Waals surface area contributed by atoms with E-state index in [2.05, 4.69) is 26.5 Å². The quantitative estimate of drug-likeness (QED) is 0.611. The average molecular weight is 266 g/mol. The van der Waals surface area contributed by atoms with Gasteiger partial charge in [0.25, 0.3) is 0 Å². The van der Waals surface area contributed by atoms with Crippen molar-refractivity contribution >= 4 is 23.4 Å². The predicted molar refractivity (Wildman–Crippen MR) is 66.6 cm³/mol. The average Bonchev–Trinajstić information content (AvgIpc) is 2.29. The highest BCUT2D eigenvalue weighted by Gasteiger charge is 2.34. The van der Waals surface area contributed by atoms with Crippen molar-refractivity contribution in [3.8, 4) is 11.8 Å². The summed E-state index contributed by atoms with van der Waals surface area (Å²) in [4.78, 5) is 19.0. The number of aromatic nitrogens is 2. The minimum absolute atomic E-state index is 0.0257. The second-order valence-corrected chi connectivity index (χ2v) is 4.45. The SMILES string of the molecule is COC(=O)C1CC(C#Cc2ncc(N)nc2Cl)C1. The standard InChI is InChI=1S/C12H12ClN3O2/c1-18-12(17)8-4-7(5-8)2-3-9-11(13)16-10(14)6-15-9/h6-8H,4-5H2,1H3,(H2,14,16).